The Kier molecular flexibility index (Phi) is 17.7. The summed E-state index contributed by atoms with van der Waals surface area (Å²) in [5.41, 5.74) is 0.229. The van der Waals surface area contributed by atoms with E-state index in [-0.39, 0.29) is 47.1 Å². The number of aromatic amines is 1. The fourth-order valence-corrected chi connectivity index (χ4v) is 11.2. The van der Waals surface area contributed by atoms with Gasteiger partial charge in [-0.2, -0.15) is 10.2 Å². The first kappa shape index (κ1) is 57.1. The number of hydrogen-bond acceptors (Lipinski definition) is 18. The number of methoxy groups -OCH3 is 2. The number of aliphatic hydroxyl groups is 1. The average molecular weight is 1140 g/mol. The molecule has 25 heteroatoms. The van der Waals surface area contributed by atoms with E-state index < -0.39 is 99.7 Å². The van der Waals surface area contributed by atoms with Gasteiger partial charge in [0.05, 0.1) is 65.3 Å². The number of carbonyl (C=O) groups excluding carboxylic acids is 2. The number of anilines is 2. The second-order valence-electron chi connectivity index (χ2n) is 19.5. The first-order valence-corrected chi connectivity index (χ1v) is 27.5. The number of halogens is 1. The summed E-state index contributed by atoms with van der Waals surface area (Å²) in [6.07, 6.45) is -4.88. The van der Waals surface area contributed by atoms with Crippen molar-refractivity contribution in [2.45, 2.75) is 82.3 Å². The number of nitrogens with one attached hydrogen (secondary N) is 3. The van der Waals surface area contributed by atoms with Crippen LogP contribution in [0.25, 0.3) is 22.3 Å². The van der Waals surface area contributed by atoms with Gasteiger partial charge in [0.25, 0.3) is 11.5 Å². The molecule has 4 aromatic carbocycles. The zero-order valence-corrected chi connectivity index (χ0v) is 46.1. The normalized spacial score (nSPS) is 21.2. The van der Waals surface area contributed by atoms with Crippen LogP contribution in [-0.4, -0.2) is 121 Å². The fourth-order valence-electron chi connectivity index (χ4n) is 10.0. The van der Waals surface area contributed by atoms with E-state index in [1.807, 2.05) is 61.5 Å². The van der Waals surface area contributed by atoms with E-state index in [2.05, 4.69) is 46.6 Å². The Morgan fingerprint density at radius 3 is 2.05 bits per heavy atom. The molecule has 82 heavy (non-hydrogen) atoms. The van der Waals surface area contributed by atoms with Gasteiger partial charge in [-0.3, -0.25) is 33.8 Å². The number of H-pyrrole nitrogens is 1. The van der Waals surface area contributed by atoms with Gasteiger partial charge in [-0.15, -0.1) is 0 Å². The van der Waals surface area contributed by atoms with Crippen LogP contribution in [0.2, 0.25) is 0 Å². The molecule has 10 rings (SSSR count). The maximum atomic E-state index is 18.5. The summed E-state index contributed by atoms with van der Waals surface area (Å²) in [5, 5.41) is 26.1. The number of imidazole rings is 2. The van der Waals surface area contributed by atoms with E-state index in [0.29, 0.717) is 40.2 Å². The van der Waals surface area contributed by atoms with Crippen LogP contribution in [-0.2, 0) is 38.2 Å². The monoisotopic (exact) mass is 1140 g/mol. The smallest absolute Gasteiger partial charge is 0.333 e. The molecule has 4 N–H and O–H groups in total. The molecule has 0 aliphatic carbocycles. The predicted octanol–water partition coefficient (Wildman–Crippen LogP) is 7.91. The molecule has 2 saturated heterocycles. The van der Waals surface area contributed by atoms with Crippen LogP contribution in [0.5, 0.6) is 11.5 Å². The Morgan fingerprint density at radius 1 is 0.805 bits per heavy atom. The van der Waals surface area contributed by atoms with Crippen LogP contribution in [0.4, 0.5) is 16.2 Å². The van der Waals surface area contributed by atoms with E-state index in [0.717, 1.165) is 0 Å². The highest BCUT2D eigenvalue weighted by Gasteiger charge is 2.54. The number of alkyl halides is 1. The number of nitriles is 1. The summed E-state index contributed by atoms with van der Waals surface area (Å²) in [6, 6.07) is 34.4. The van der Waals surface area contributed by atoms with Crippen LogP contribution in [0.15, 0.2) is 133 Å². The number of nitrogens with zero attached hydrogens (tertiary/aromatic N) is 8. The minimum Gasteiger partial charge on any atom is -0.497 e. The van der Waals surface area contributed by atoms with E-state index in [9.17, 15) is 24.8 Å². The summed E-state index contributed by atoms with van der Waals surface area (Å²) in [4.78, 5) is 64.2. The molecule has 3 unspecified atom stereocenters. The quantitative estimate of drug-likeness (QED) is 0.0269. The van der Waals surface area contributed by atoms with Crippen molar-refractivity contribution in [3.8, 4) is 17.6 Å². The van der Waals surface area contributed by atoms with E-state index in [1.54, 1.807) is 82.7 Å². The number of aliphatic hydroxyl groups excluding tert-OH is 1. The third-order valence-corrected chi connectivity index (χ3v) is 15.4. The summed E-state index contributed by atoms with van der Waals surface area (Å²) >= 11 is 0. The number of hydrogen-bond donors (Lipinski definition) is 4. The first-order chi connectivity index (χ1) is 39.9. The fraction of sp³-hybridized carbons (Fsp3) is 0.351. The highest BCUT2D eigenvalue weighted by atomic mass is 31.2. The van der Waals surface area contributed by atoms with Crippen molar-refractivity contribution in [2.24, 2.45) is 11.8 Å². The molecule has 426 valence electrons. The lowest BCUT2D eigenvalue weighted by atomic mass is 9.79. The van der Waals surface area contributed by atoms with Crippen LogP contribution in [0, 0.1) is 23.2 Å². The Labute approximate surface area is 470 Å². The van der Waals surface area contributed by atoms with Crippen LogP contribution >= 0.6 is 8.60 Å². The van der Waals surface area contributed by atoms with Gasteiger partial charge in [0, 0.05) is 17.4 Å². The molecule has 8 aromatic rings. The van der Waals surface area contributed by atoms with E-state index in [1.165, 1.54) is 28.1 Å². The van der Waals surface area contributed by atoms with E-state index >= 15 is 4.39 Å². The number of amides is 2. The standard InChI is InChI=1S/C57H59FN11O12P/c1-6-41-40(28-70)46(55(78-41)69-32-63-45-50(69)65-56(67-53(45)73)66-51(71)33(2)3)81-82(76-27-13-26-59)77-29-42-47(43(58)54(79-42)68-31-62-44-48(60-30-61-49(44)68)64-52(72)34-14-9-7-10-15-34)80-57(35-16-11-8-12-17-35,36-18-22-38(74-4)23-19-36)37-20-24-39(75-5)25-21-37/h7-12,14-25,30-33,40-43,46-47,54-55,70H,6,13,27-29H2,1-5H3,(H,60,61,64,72)(H2,65,66,67,71,73)/t40-,41?,42+,43-,46-,47-,54?,55+,82?/m0/s1. The lowest BCUT2D eigenvalue weighted by Gasteiger charge is -2.39. The number of aromatic nitrogens is 8. The molecule has 0 saturated carbocycles. The maximum absolute atomic E-state index is 18.5. The van der Waals surface area contributed by atoms with Gasteiger partial charge >= 0.3 is 8.60 Å². The molecule has 2 aliphatic rings. The zero-order valence-electron chi connectivity index (χ0n) is 45.2. The van der Waals surface area contributed by atoms with Crippen LogP contribution in [0.1, 0.15) is 73.1 Å². The SMILES string of the molecule is CCC1O[C@@H](n2cnc3c(=O)[nH]c(NC(=O)C(C)C)nc32)[C@@H](OP(OCCC#N)OC[C@H]2OC(n3cnc4c(NC(=O)c5ccccc5)ncnc43)[C@@H](F)[C@H]2OC(c2ccccc2)(c2ccc(OC)cc2)c2ccc(OC)cc2)[C@H]1CO. The molecule has 2 amide bonds. The summed E-state index contributed by atoms with van der Waals surface area (Å²) in [6.45, 7) is 4.20. The molecule has 0 radical (unpaired) electrons. The average Bonchev–Trinajstić information content (AvgIpc) is 4.44. The molecule has 0 spiro atoms. The lowest BCUT2D eigenvalue weighted by molar-refractivity contribution is -0.118. The van der Waals surface area contributed by atoms with Crippen molar-refractivity contribution < 1.29 is 56.3 Å². The van der Waals surface area contributed by atoms with Gasteiger partial charge in [-0.25, -0.2) is 24.3 Å². The Bertz CT molecular complexity index is 3540. The number of benzene rings is 4. The van der Waals surface area contributed by atoms with Crippen molar-refractivity contribution in [2.75, 3.05) is 44.7 Å². The van der Waals surface area contributed by atoms with Crippen LogP contribution in [0.3, 0.4) is 0 Å². The molecule has 4 aromatic heterocycles. The summed E-state index contributed by atoms with van der Waals surface area (Å²) in [5.74, 6) is -0.923. The van der Waals surface area contributed by atoms with Gasteiger partial charge in [-0.05, 0) is 59.5 Å². The van der Waals surface area contributed by atoms with Crippen molar-refractivity contribution >= 4 is 54.5 Å². The molecule has 2 aliphatic heterocycles. The summed E-state index contributed by atoms with van der Waals surface area (Å²) in [7, 11) is 0.559. The van der Waals surface area contributed by atoms with Crippen molar-refractivity contribution in [1.29, 1.82) is 5.26 Å². The lowest BCUT2D eigenvalue weighted by Crippen LogP contribution is -2.44. The van der Waals surface area contributed by atoms with Gasteiger partial charge < -0.3 is 47.7 Å². The Balaban J connectivity index is 1.05. The van der Waals surface area contributed by atoms with Gasteiger partial charge in [0.15, 0.2) is 46.8 Å². The van der Waals surface area contributed by atoms with E-state index in [4.69, 9.17) is 37.3 Å². The van der Waals surface area contributed by atoms with Crippen LogP contribution < -0.4 is 25.7 Å². The summed E-state index contributed by atoms with van der Waals surface area (Å²) < 4.78 is 72.9. The minimum absolute atomic E-state index is 0.0449. The Morgan fingerprint density at radius 2 is 1.43 bits per heavy atom. The molecule has 9 atom stereocenters. The highest BCUT2D eigenvalue weighted by Crippen LogP contribution is 2.51. The highest BCUT2D eigenvalue weighted by molar-refractivity contribution is 7.41. The molecular formula is C57H59FN11O12P. The zero-order chi connectivity index (χ0) is 57.5. The number of fused-ring (bicyclic) bond motifs is 2. The van der Waals surface area contributed by atoms with Gasteiger partial charge in [0.1, 0.15) is 41.7 Å². The third kappa shape index (κ3) is 11.5. The maximum Gasteiger partial charge on any atom is 0.333 e. The van der Waals surface area contributed by atoms with Crippen molar-refractivity contribution in [3.05, 3.63) is 161 Å². The molecule has 6 heterocycles. The van der Waals surface area contributed by atoms with Crippen molar-refractivity contribution in [3.63, 3.8) is 0 Å². The Hall–Kier alpha value is -8.11. The second-order valence-corrected chi connectivity index (χ2v) is 20.7. The molecule has 2 fully saturated rings. The second kappa shape index (κ2) is 25.4. The third-order valence-electron chi connectivity index (χ3n) is 14.2. The molecule has 0 bridgehead atoms. The first-order valence-electron chi connectivity index (χ1n) is 26.4. The van der Waals surface area contributed by atoms with Crippen molar-refractivity contribution in [1.82, 2.24) is 39.0 Å². The number of carbonyl (C=O) groups is 2. The molecular weight excluding hydrogens is 1080 g/mol. The minimum atomic E-state index is -2.55. The number of rotatable bonds is 23. The topological polar surface area (TPSA) is 283 Å². The number of ether oxygens (including phenoxy) is 5. The predicted molar refractivity (Wildman–Crippen MR) is 296 cm³/mol. The van der Waals surface area contributed by atoms with Gasteiger partial charge in [0.2, 0.25) is 11.9 Å². The molecule has 23 nitrogen and oxygen atoms in total. The largest absolute Gasteiger partial charge is 0.497 e. The van der Waals surface area contributed by atoms with Gasteiger partial charge in [-0.1, -0.05) is 93.6 Å².